The molecule has 1 aliphatic heterocycles. The molecule has 0 aliphatic carbocycles. The van der Waals surface area contributed by atoms with E-state index in [4.69, 9.17) is 4.74 Å². The van der Waals surface area contributed by atoms with Crippen LogP contribution in [0.4, 0.5) is 0 Å². The molecule has 202 valence electrons. The number of unbranched alkanes of at least 4 members (excludes halogenated alkanes) is 1. The summed E-state index contributed by atoms with van der Waals surface area (Å²) in [6, 6.07) is 13.0. The Balaban J connectivity index is 2.06. The number of methoxy groups -OCH3 is 2. The van der Waals surface area contributed by atoms with Gasteiger partial charge in [0.05, 0.1) is 30.9 Å². The second-order valence-electron chi connectivity index (χ2n) is 9.54. The Hall–Kier alpha value is -2.91. The average molecular weight is 531 g/mol. The molecule has 3 rings (SSSR count). The molecule has 0 unspecified atom stereocenters. The van der Waals surface area contributed by atoms with Crippen LogP contribution in [0.2, 0.25) is 0 Å². The fourth-order valence-electron chi connectivity index (χ4n) is 4.89. The third kappa shape index (κ3) is 6.90. The second kappa shape index (κ2) is 12.6. The molecule has 37 heavy (non-hydrogen) atoms. The van der Waals surface area contributed by atoms with Gasteiger partial charge in [0.25, 0.3) is 0 Å². The third-order valence-corrected chi connectivity index (χ3v) is 9.03. The van der Waals surface area contributed by atoms with Gasteiger partial charge in [0.15, 0.2) is 9.84 Å². The monoisotopic (exact) mass is 530 g/mol. The van der Waals surface area contributed by atoms with Gasteiger partial charge in [0, 0.05) is 12.0 Å². The van der Waals surface area contributed by atoms with E-state index >= 15 is 0 Å². The first kappa shape index (κ1) is 28.7. The summed E-state index contributed by atoms with van der Waals surface area (Å²) in [5, 5.41) is 6.27. The number of carbonyl (C=O) groups is 2. The minimum atomic E-state index is -3.66. The molecule has 1 amide bonds. The van der Waals surface area contributed by atoms with Crippen molar-refractivity contribution in [2.75, 3.05) is 26.5 Å². The van der Waals surface area contributed by atoms with Crippen molar-refractivity contribution in [1.29, 1.82) is 0 Å². The Morgan fingerprint density at radius 2 is 1.86 bits per heavy atom. The molecule has 0 spiro atoms. The predicted molar refractivity (Wildman–Crippen MR) is 142 cm³/mol. The smallest absolute Gasteiger partial charge is 0.325 e. The molecule has 0 aromatic heterocycles. The van der Waals surface area contributed by atoms with E-state index in [1.54, 1.807) is 12.1 Å². The number of hydrogen-bond acceptors (Lipinski definition) is 7. The number of ether oxygens (including phenoxy) is 2. The number of sulfone groups is 1. The molecule has 2 aromatic rings. The summed E-state index contributed by atoms with van der Waals surface area (Å²) in [6.45, 7) is 3.93. The Bertz CT molecular complexity index is 1200. The summed E-state index contributed by atoms with van der Waals surface area (Å²) in [5.74, 6) is -0.351. The molecule has 0 fully saturated rings. The molecule has 1 heterocycles. The third-order valence-electron chi connectivity index (χ3n) is 7.07. The van der Waals surface area contributed by atoms with E-state index in [-0.39, 0.29) is 42.0 Å². The summed E-state index contributed by atoms with van der Waals surface area (Å²) in [5.41, 5.74) is 1.68. The van der Waals surface area contributed by atoms with E-state index in [9.17, 15) is 18.0 Å². The summed E-state index contributed by atoms with van der Waals surface area (Å²) in [6.07, 6.45) is 3.65. The number of fused-ring (bicyclic) bond motifs is 1. The van der Waals surface area contributed by atoms with Crippen LogP contribution in [-0.4, -0.2) is 52.4 Å². The maximum atomic E-state index is 13.9. The molecule has 9 heteroatoms. The molecule has 1 aliphatic rings. The fourth-order valence-corrected chi connectivity index (χ4v) is 7.07. The Morgan fingerprint density at radius 3 is 2.49 bits per heavy atom. The van der Waals surface area contributed by atoms with Gasteiger partial charge in [0.1, 0.15) is 12.3 Å². The van der Waals surface area contributed by atoms with E-state index in [1.807, 2.05) is 37.3 Å². The minimum Gasteiger partial charge on any atom is -0.496 e. The van der Waals surface area contributed by atoms with E-state index in [0.29, 0.717) is 23.3 Å². The lowest BCUT2D eigenvalue weighted by atomic mass is 9.87. The number of nitrogens with one attached hydrogen (secondary N) is 2. The van der Waals surface area contributed by atoms with E-state index in [2.05, 4.69) is 22.3 Å². The fraction of sp³-hybridized carbons (Fsp3) is 0.500. The summed E-state index contributed by atoms with van der Waals surface area (Å²) in [7, 11) is -0.870. The molecule has 0 radical (unpaired) electrons. The van der Waals surface area contributed by atoms with Crippen LogP contribution in [-0.2, 0) is 30.6 Å². The highest BCUT2D eigenvalue weighted by Gasteiger charge is 2.42. The van der Waals surface area contributed by atoms with Crippen LogP contribution in [0.15, 0.2) is 47.4 Å². The van der Waals surface area contributed by atoms with E-state index < -0.39 is 21.3 Å². The number of carbonyl (C=O) groups excluding carboxylic acids is 2. The van der Waals surface area contributed by atoms with Crippen molar-refractivity contribution in [2.24, 2.45) is 0 Å². The van der Waals surface area contributed by atoms with Gasteiger partial charge in [-0.2, -0.15) is 0 Å². The Morgan fingerprint density at radius 1 is 1.14 bits per heavy atom. The second-order valence-corrected chi connectivity index (χ2v) is 11.5. The lowest BCUT2D eigenvalue weighted by Gasteiger charge is -2.36. The van der Waals surface area contributed by atoms with E-state index in [0.717, 1.165) is 24.8 Å². The highest BCUT2D eigenvalue weighted by atomic mass is 32.2. The van der Waals surface area contributed by atoms with Crippen molar-refractivity contribution in [3.05, 3.63) is 59.2 Å². The van der Waals surface area contributed by atoms with Gasteiger partial charge in [-0.1, -0.05) is 57.0 Å². The van der Waals surface area contributed by atoms with Gasteiger partial charge in [0.2, 0.25) is 5.91 Å². The maximum absolute atomic E-state index is 13.9. The van der Waals surface area contributed by atoms with Gasteiger partial charge in [-0.15, -0.1) is 0 Å². The average Bonchev–Trinajstić information content (AvgIpc) is 3.01. The van der Waals surface area contributed by atoms with Crippen molar-refractivity contribution in [2.45, 2.75) is 68.8 Å². The molecule has 8 nitrogen and oxygen atoms in total. The zero-order valence-electron chi connectivity index (χ0n) is 22.1. The molecular weight excluding hydrogens is 492 g/mol. The highest BCUT2D eigenvalue weighted by Crippen LogP contribution is 2.41. The van der Waals surface area contributed by atoms with Crippen LogP contribution in [0.3, 0.4) is 0 Å². The number of amides is 1. The zero-order chi connectivity index (χ0) is 27.1. The van der Waals surface area contributed by atoms with Crippen LogP contribution in [0.1, 0.15) is 68.7 Å². The summed E-state index contributed by atoms with van der Waals surface area (Å²) >= 11 is 0. The highest BCUT2D eigenvalue weighted by molar-refractivity contribution is 7.91. The quantitative estimate of drug-likeness (QED) is 0.426. The lowest BCUT2D eigenvalue weighted by Crippen LogP contribution is -2.50. The van der Waals surface area contributed by atoms with Gasteiger partial charge >= 0.3 is 5.97 Å². The first-order valence-corrected chi connectivity index (χ1v) is 14.4. The van der Waals surface area contributed by atoms with Crippen molar-refractivity contribution < 1.29 is 27.5 Å². The predicted octanol–water partition coefficient (Wildman–Crippen LogP) is 3.72. The molecule has 2 atom stereocenters. The molecule has 2 aromatic carbocycles. The van der Waals surface area contributed by atoms with Gasteiger partial charge in [-0.05, 0) is 48.1 Å². The van der Waals surface area contributed by atoms with Crippen LogP contribution in [0, 0.1) is 0 Å². The first-order valence-electron chi connectivity index (χ1n) is 12.8. The van der Waals surface area contributed by atoms with Crippen LogP contribution in [0.25, 0.3) is 0 Å². The van der Waals surface area contributed by atoms with Gasteiger partial charge in [-0.3, -0.25) is 14.9 Å². The molecular formula is C28H38N2O6S. The van der Waals surface area contributed by atoms with Crippen molar-refractivity contribution in [1.82, 2.24) is 10.6 Å². The van der Waals surface area contributed by atoms with Crippen LogP contribution < -0.4 is 15.4 Å². The van der Waals surface area contributed by atoms with Crippen molar-refractivity contribution in [3.63, 3.8) is 0 Å². The maximum Gasteiger partial charge on any atom is 0.325 e. The number of aryl methyl sites for hydroxylation is 1. The molecule has 0 saturated carbocycles. The SMILES string of the molecule is CCCC[C@]1(CC)CS(=O)(=O)c2cc(CCC(=O)NCC(=O)OC)c(OC)cc2[C@@H](c2ccccc2)N1. The summed E-state index contributed by atoms with van der Waals surface area (Å²) < 4.78 is 38.0. The van der Waals surface area contributed by atoms with Crippen molar-refractivity contribution in [3.8, 4) is 5.75 Å². The van der Waals surface area contributed by atoms with Crippen LogP contribution >= 0.6 is 0 Å². The van der Waals surface area contributed by atoms with Gasteiger partial charge in [-0.25, -0.2) is 8.42 Å². The molecule has 0 saturated heterocycles. The zero-order valence-corrected chi connectivity index (χ0v) is 22.9. The lowest BCUT2D eigenvalue weighted by molar-refractivity contribution is -0.141. The first-order chi connectivity index (χ1) is 17.7. The standard InChI is InChI=1S/C28H38N2O6S/c1-5-7-15-28(6-2)19-37(33,34)24-16-21(13-14-25(31)29-18-26(32)36-4)23(35-3)17-22(24)27(30-28)20-11-9-8-10-12-20/h8-12,16-17,27,30H,5-7,13-15,18-19H2,1-4H3,(H,29,31)/t27-,28-/m1/s1. The topological polar surface area (TPSA) is 111 Å². The van der Waals surface area contributed by atoms with Crippen molar-refractivity contribution >= 4 is 21.7 Å². The normalized spacial score (nSPS) is 20.4. The Kier molecular flexibility index (Phi) is 9.73. The largest absolute Gasteiger partial charge is 0.496 e. The van der Waals surface area contributed by atoms with E-state index in [1.165, 1.54) is 14.2 Å². The Labute approximate surface area is 220 Å². The molecule has 0 bridgehead atoms. The number of rotatable bonds is 11. The molecule has 2 N–H and O–H groups in total. The summed E-state index contributed by atoms with van der Waals surface area (Å²) in [4.78, 5) is 23.9. The number of benzene rings is 2. The minimum absolute atomic E-state index is 0.00177. The number of esters is 1. The van der Waals surface area contributed by atoms with Gasteiger partial charge < -0.3 is 14.8 Å². The van der Waals surface area contributed by atoms with Crippen LogP contribution in [0.5, 0.6) is 5.75 Å². The number of hydrogen-bond donors (Lipinski definition) is 2.